The molecule has 0 saturated carbocycles. The van der Waals surface area contributed by atoms with E-state index in [0.29, 0.717) is 46.5 Å². The van der Waals surface area contributed by atoms with Gasteiger partial charge in [-0.25, -0.2) is 9.78 Å². The van der Waals surface area contributed by atoms with Crippen molar-refractivity contribution in [2.24, 2.45) is 0 Å². The minimum Gasteiger partial charge on any atom is -0.497 e. The highest BCUT2D eigenvalue weighted by molar-refractivity contribution is 6.04. The van der Waals surface area contributed by atoms with E-state index in [9.17, 15) is 14.7 Å². The summed E-state index contributed by atoms with van der Waals surface area (Å²) in [7, 11) is 1.56. The maximum atomic E-state index is 13.0. The Bertz CT molecular complexity index is 1680. The topological polar surface area (TPSA) is 125 Å². The number of pyridine rings is 1. The Morgan fingerprint density at radius 3 is 2.48 bits per heavy atom. The van der Waals surface area contributed by atoms with Crippen molar-refractivity contribution in [3.63, 3.8) is 0 Å². The number of fused-ring (bicyclic) bond motifs is 1. The minimum absolute atomic E-state index is 0.183. The summed E-state index contributed by atoms with van der Waals surface area (Å²) in [5, 5.41) is 17.8. The standard InChI is InChI=1S/C35H41N5O6/c1-35(2,3)40(34(42)43)30-10-11-31(29-9-6-5-8-28(29)30)46-26-12-14-36-32(23-26)38-25-20-24(21-27(22-25)44-4)33(41)37-13-7-15-39-16-18-45-19-17-39/h5-6,8-12,14,20-23H,7,13,15-19H2,1-4H3,(H,36,38)(H,37,41)(H,42,43). The Morgan fingerprint density at radius 1 is 1.00 bits per heavy atom. The Morgan fingerprint density at radius 2 is 1.76 bits per heavy atom. The summed E-state index contributed by atoms with van der Waals surface area (Å²) < 4.78 is 17.2. The zero-order valence-corrected chi connectivity index (χ0v) is 26.7. The molecule has 4 aromatic rings. The molecule has 1 aromatic heterocycles. The molecule has 0 spiro atoms. The second-order valence-corrected chi connectivity index (χ2v) is 12.0. The molecule has 0 radical (unpaired) electrons. The van der Waals surface area contributed by atoms with Crippen molar-refractivity contribution in [2.45, 2.75) is 32.7 Å². The van der Waals surface area contributed by atoms with Crippen molar-refractivity contribution in [1.82, 2.24) is 15.2 Å². The lowest BCUT2D eigenvalue weighted by Gasteiger charge is -2.34. The Kier molecular flexibility index (Phi) is 10.2. The van der Waals surface area contributed by atoms with Gasteiger partial charge in [-0.2, -0.15) is 0 Å². The van der Waals surface area contributed by atoms with Crippen LogP contribution in [0.2, 0.25) is 0 Å². The molecular weight excluding hydrogens is 586 g/mol. The molecule has 2 heterocycles. The lowest BCUT2D eigenvalue weighted by molar-refractivity contribution is 0.0374. The number of carbonyl (C=O) groups excluding carboxylic acids is 1. The third-order valence-electron chi connectivity index (χ3n) is 7.64. The van der Waals surface area contributed by atoms with Crippen LogP contribution < -0.4 is 25.0 Å². The molecule has 5 rings (SSSR count). The van der Waals surface area contributed by atoms with Crippen molar-refractivity contribution in [2.75, 3.05) is 56.7 Å². The maximum Gasteiger partial charge on any atom is 0.412 e. The number of amides is 2. The summed E-state index contributed by atoms with van der Waals surface area (Å²) in [4.78, 5) is 33.3. The van der Waals surface area contributed by atoms with Gasteiger partial charge in [-0.05, 0) is 64.1 Å². The summed E-state index contributed by atoms with van der Waals surface area (Å²) in [6, 6.07) is 19.9. The first-order valence-corrected chi connectivity index (χ1v) is 15.4. The van der Waals surface area contributed by atoms with Gasteiger partial charge in [0.15, 0.2) is 0 Å². The fourth-order valence-corrected chi connectivity index (χ4v) is 5.46. The number of hydrogen-bond donors (Lipinski definition) is 3. The molecule has 1 aliphatic heterocycles. The number of morpholine rings is 1. The number of benzene rings is 3. The summed E-state index contributed by atoms with van der Waals surface area (Å²) >= 11 is 0. The fraction of sp³-hybridized carbons (Fsp3) is 0.343. The molecule has 46 heavy (non-hydrogen) atoms. The third kappa shape index (κ3) is 8.04. The van der Waals surface area contributed by atoms with E-state index in [4.69, 9.17) is 14.2 Å². The molecule has 242 valence electrons. The average Bonchev–Trinajstić information content (AvgIpc) is 3.04. The van der Waals surface area contributed by atoms with Gasteiger partial charge in [-0.15, -0.1) is 0 Å². The van der Waals surface area contributed by atoms with Gasteiger partial charge in [-0.3, -0.25) is 14.6 Å². The maximum absolute atomic E-state index is 13.0. The first-order chi connectivity index (χ1) is 22.1. The van der Waals surface area contributed by atoms with Gasteiger partial charge in [0, 0.05) is 65.5 Å². The van der Waals surface area contributed by atoms with Crippen LogP contribution in [0.5, 0.6) is 17.2 Å². The lowest BCUT2D eigenvalue weighted by Crippen LogP contribution is -2.45. The van der Waals surface area contributed by atoms with E-state index in [1.54, 1.807) is 55.8 Å². The fourth-order valence-electron chi connectivity index (χ4n) is 5.46. The molecule has 1 aliphatic rings. The van der Waals surface area contributed by atoms with E-state index >= 15 is 0 Å². The van der Waals surface area contributed by atoms with E-state index in [0.717, 1.165) is 50.0 Å². The summed E-state index contributed by atoms with van der Waals surface area (Å²) in [5.41, 5.74) is 1.04. The van der Waals surface area contributed by atoms with Crippen molar-refractivity contribution in [3.8, 4) is 17.2 Å². The van der Waals surface area contributed by atoms with Crippen molar-refractivity contribution < 1.29 is 28.9 Å². The molecule has 11 nitrogen and oxygen atoms in total. The SMILES string of the molecule is COc1cc(Nc2cc(Oc3ccc(N(C(=O)O)C(C)(C)C)c4ccccc34)ccn2)cc(C(=O)NCCCN2CCOCC2)c1. The third-order valence-corrected chi connectivity index (χ3v) is 7.64. The Labute approximate surface area is 269 Å². The minimum atomic E-state index is -1.03. The second kappa shape index (κ2) is 14.5. The number of aromatic nitrogens is 1. The normalized spacial score (nSPS) is 13.7. The summed E-state index contributed by atoms with van der Waals surface area (Å²) in [6.45, 7) is 10.4. The summed E-state index contributed by atoms with van der Waals surface area (Å²) in [6.07, 6.45) is 1.45. The Balaban J connectivity index is 1.30. The number of rotatable bonds is 11. The van der Waals surface area contributed by atoms with Crippen LogP contribution in [-0.4, -0.2) is 79.0 Å². The Hall–Kier alpha value is -4.87. The number of nitrogens with zero attached hydrogens (tertiary/aromatic N) is 3. The first-order valence-electron chi connectivity index (χ1n) is 15.4. The largest absolute Gasteiger partial charge is 0.497 e. The van der Waals surface area contributed by atoms with Crippen LogP contribution in [0.1, 0.15) is 37.6 Å². The monoisotopic (exact) mass is 627 g/mol. The van der Waals surface area contributed by atoms with E-state index in [-0.39, 0.29) is 5.91 Å². The van der Waals surface area contributed by atoms with Crippen LogP contribution in [0.25, 0.3) is 10.8 Å². The zero-order chi connectivity index (χ0) is 32.7. The summed E-state index contributed by atoms with van der Waals surface area (Å²) in [5.74, 6) is 1.96. The molecule has 1 fully saturated rings. The number of hydrogen-bond acceptors (Lipinski definition) is 8. The quantitative estimate of drug-likeness (QED) is 0.160. The predicted octanol–water partition coefficient (Wildman–Crippen LogP) is 6.51. The van der Waals surface area contributed by atoms with Crippen LogP contribution in [-0.2, 0) is 4.74 Å². The van der Waals surface area contributed by atoms with Crippen LogP contribution in [0.4, 0.5) is 22.0 Å². The lowest BCUT2D eigenvalue weighted by atomic mass is 10.0. The molecular formula is C35H41N5O6. The molecule has 0 bridgehead atoms. The van der Waals surface area contributed by atoms with Gasteiger partial charge >= 0.3 is 6.09 Å². The highest BCUT2D eigenvalue weighted by atomic mass is 16.5. The van der Waals surface area contributed by atoms with Crippen LogP contribution in [0.15, 0.2) is 72.9 Å². The van der Waals surface area contributed by atoms with E-state index in [2.05, 4.69) is 20.5 Å². The van der Waals surface area contributed by atoms with E-state index < -0.39 is 11.6 Å². The molecule has 3 aromatic carbocycles. The van der Waals surface area contributed by atoms with Crippen LogP contribution >= 0.6 is 0 Å². The van der Waals surface area contributed by atoms with Gasteiger partial charge in [0.2, 0.25) is 0 Å². The second-order valence-electron chi connectivity index (χ2n) is 12.0. The van der Waals surface area contributed by atoms with Crippen molar-refractivity contribution in [3.05, 3.63) is 78.5 Å². The molecule has 0 atom stereocenters. The van der Waals surface area contributed by atoms with Crippen LogP contribution in [0, 0.1) is 0 Å². The molecule has 3 N–H and O–H groups in total. The van der Waals surface area contributed by atoms with E-state index in [1.807, 2.05) is 45.0 Å². The van der Waals surface area contributed by atoms with Gasteiger partial charge in [-0.1, -0.05) is 24.3 Å². The number of anilines is 3. The van der Waals surface area contributed by atoms with E-state index in [1.165, 1.54) is 4.90 Å². The zero-order valence-electron chi connectivity index (χ0n) is 26.7. The number of methoxy groups -OCH3 is 1. The molecule has 0 unspecified atom stereocenters. The highest BCUT2D eigenvalue weighted by Gasteiger charge is 2.29. The highest BCUT2D eigenvalue weighted by Crippen LogP contribution is 2.38. The van der Waals surface area contributed by atoms with Gasteiger partial charge in [0.05, 0.1) is 26.0 Å². The molecule has 2 amide bonds. The predicted molar refractivity (Wildman–Crippen MR) is 179 cm³/mol. The first kappa shape index (κ1) is 32.5. The number of carbonyl (C=O) groups is 2. The van der Waals surface area contributed by atoms with Gasteiger partial charge < -0.3 is 30.0 Å². The molecule has 0 aliphatic carbocycles. The van der Waals surface area contributed by atoms with Crippen molar-refractivity contribution >= 4 is 40.0 Å². The number of ether oxygens (including phenoxy) is 3. The molecule has 1 saturated heterocycles. The number of carboxylic acid groups (broad SMARTS) is 1. The number of nitrogens with one attached hydrogen (secondary N) is 2. The van der Waals surface area contributed by atoms with Crippen LogP contribution in [0.3, 0.4) is 0 Å². The van der Waals surface area contributed by atoms with Crippen molar-refractivity contribution in [1.29, 1.82) is 0 Å². The average molecular weight is 628 g/mol. The smallest absolute Gasteiger partial charge is 0.412 e. The van der Waals surface area contributed by atoms with Gasteiger partial charge in [0.25, 0.3) is 5.91 Å². The molecule has 11 heteroatoms. The van der Waals surface area contributed by atoms with Gasteiger partial charge in [0.1, 0.15) is 23.1 Å².